The van der Waals surface area contributed by atoms with Crippen LogP contribution in [0.2, 0.25) is 0 Å². The number of para-hydroxylation sites is 1. The fraction of sp³-hybridized carbons (Fsp3) is 0.188. The lowest BCUT2D eigenvalue weighted by Gasteiger charge is -2.32. The monoisotopic (exact) mass is 289 g/mol. The van der Waals surface area contributed by atoms with Crippen molar-refractivity contribution in [3.8, 4) is 0 Å². The summed E-state index contributed by atoms with van der Waals surface area (Å²) in [6.07, 6.45) is -0.241. The van der Waals surface area contributed by atoms with Gasteiger partial charge >= 0.3 is 0 Å². The smallest absolute Gasteiger partial charge is 0.258 e. The number of hydrogen-bond donors (Lipinski definition) is 1. The van der Waals surface area contributed by atoms with Crippen LogP contribution in [0.1, 0.15) is 28.4 Å². The van der Waals surface area contributed by atoms with Crippen molar-refractivity contribution in [3.63, 3.8) is 0 Å². The highest BCUT2D eigenvalue weighted by Crippen LogP contribution is 2.34. The number of nitrogens with zero attached hydrogens (tertiary/aromatic N) is 1. The molecule has 0 radical (unpaired) electrons. The molecular formula is C16H13F2NO2. The van der Waals surface area contributed by atoms with Crippen LogP contribution in [0.4, 0.5) is 14.5 Å². The molecular weight excluding hydrogens is 276 g/mol. The fourth-order valence-corrected chi connectivity index (χ4v) is 2.59. The number of aliphatic hydroxyl groups is 1. The van der Waals surface area contributed by atoms with E-state index in [4.69, 9.17) is 0 Å². The van der Waals surface area contributed by atoms with Crippen molar-refractivity contribution in [2.24, 2.45) is 0 Å². The van der Waals surface area contributed by atoms with E-state index in [1.165, 1.54) is 4.90 Å². The molecule has 3 nitrogen and oxygen atoms in total. The van der Waals surface area contributed by atoms with E-state index in [2.05, 4.69) is 0 Å². The molecule has 0 saturated heterocycles. The first-order valence-corrected chi connectivity index (χ1v) is 6.61. The molecule has 1 heterocycles. The van der Waals surface area contributed by atoms with Gasteiger partial charge in [-0.2, -0.15) is 0 Å². The van der Waals surface area contributed by atoms with Crippen LogP contribution in [0.3, 0.4) is 0 Å². The van der Waals surface area contributed by atoms with Gasteiger partial charge < -0.3 is 10.0 Å². The normalized spacial score (nSPS) is 17.5. The Labute approximate surface area is 120 Å². The molecule has 0 bridgehead atoms. The van der Waals surface area contributed by atoms with E-state index in [-0.39, 0.29) is 5.56 Å². The van der Waals surface area contributed by atoms with Crippen LogP contribution >= 0.6 is 0 Å². The van der Waals surface area contributed by atoms with E-state index in [0.717, 1.165) is 18.2 Å². The molecule has 0 fully saturated rings. The summed E-state index contributed by atoms with van der Waals surface area (Å²) < 4.78 is 26.5. The summed E-state index contributed by atoms with van der Waals surface area (Å²) in [7, 11) is 0. The van der Waals surface area contributed by atoms with Crippen molar-refractivity contribution < 1.29 is 18.7 Å². The predicted octanol–water partition coefficient (Wildman–Crippen LogP) is 3.05. The van der Waals surface area contributed by atoms with E-state index in [1.807, 2.05) is 0 Å². The number of anilines is 1. The summed E-state index contributed by atoms with van der Waals surface area (Å²) in [5.41, 5.74) is 1.18. The molecule has 0 saturated carbocycles. The van der Waals surface area contributed by atoms with Crippen LogP contribution in [0, 0.1) is 11.6 Å². The van der Waals surface area contributed by atoms with E-state index < -0.39 is 23.6 Å². The van der Waals surface area contributed by atoms with Crippen molar-refractivity contribution in [3.05, 3.63) is 65.2 Å². The standard InChI is InChI=1S/C16H13F2NO2/c17-11-7-10(8-12(18)9-11)16(21)19-6-5-15(20)13-3-1-2-4-14(13)19/h1-4,7-9,15,20H,5-6H2. The third-order valence-corrected chi connectivity index (χ3v) is 3.57. The first kappa shape index (κ1) is 13.7. The van der Waals surface area contributed by atoms with Gasteiger partial charge in [-0.15, -0.1) is 0 Å². The first-order chi connectivity index (χ1) is 10.1. The number of halogens is 2. The number of benzene rings is 2. The fourth-order valence-electron chi connectivity index (χ4n) is 2.59. The second kappa shape index (κ2) is 5.26. The molecule has 108 valence electrons. The Bertz CT molecular complexity index is 682. The number of carbonyl (C=O) groups is 1. The van der Waals surface area contributed by atoms with Crippen LogP contribution in [-0.4, -0.2) is 17.6 Å². The summed E-state index contributed by atoms with van der Waals surface area (Å²) in [5.74, 6) is -2.06. The van der Waals surface area contributed by atoms with Crippen LogP contribution < -0.4 is 4.90 Å². The zero-order valence-corrected chi connectivity index (χ0v) is 11.1. The predicted molar refractivity (Wildman–Crippen MR) is 74.1 cm³/mol. The molecule has 0 aliphatic carbocycles. The van der Waals surface area contributed by atoms with Crippen molar-refractivity contribution in [2.45, 2.75) is 12.5 Å². The molecule has 5 heteroatoms. The van der Waals surface area contributed by atoms with Crippen LogP contribution in [-0.2, 0) is 0 Å². The molecule has 1 atom stereocenters. The molecule has 1 unspecified atom stereocenters. The van der Waals surface area contributed by atoms with Gasteiger partial charge in [-0.3, -0.25) is 4.79 Å². The van der Waals surface area contributed by atoms with Gasteiger partial charge in [0.25, 0.3) is 5.91 Å². The number of hydrogen-bond acceptors (Lipinski definition) is 2. The number of fused-ring (bicyclic) bond motifs is 1. The van der Waals surface area contributed by atoms with Gasteiger partial charge in [0.2, 0.25) is 0 Å². The Kier molecular flexibility index (Phi) is 3.43. The van der Waals surface area contributed by atoms with E-state index in [9.17, 15) is 18.7 Å². The van der Waals surface area contributed by atoms with Crippen LogP contribution in [0.5, 0.6) is 0 Å². The first-order valence-electron chi connectivity index (χ1n) is 6.61. The Hall–Kier alpha value is -2.27. The SMILES string of the molecule is O=C(c1cc(F)cc(F)c1)N1CCC(O)c2ccccc21. The van der Waals surface area contributed by atoms with Gasteiger partial charge in [-0.05, 0) is 24.6 Å². The Balaban J connectivity index is 2.01. The molecule has 0 aromatic heterocycles. The van der Waals surface area contributed by atoms with Crippen molar-refractivity contribution in [1.29, 1.82) is 0 Å². The quantitative estimate of drug-likeness (QED) is 0.876. The summed E-state index contributed by atoms with van der Waals surface area (Å²) in [5, 5.41) is 9.96. The second-order valence-electron chi connectivity index (χ2n) is 4.98. The molecule has 3 rings (SSSR count). The Morgan fingerprint density at radius 3 is 2.52 bits per heavy atom. The van der Waals surface area contributed by atoms with Crippen molar-refractivity contribution >= 4 is 11.6 Å². The molecule has 2 aromatic rings. The van der Waals surface area contributed by atoms with Gasteiger partial charge in [0.05, 0.1) is 6.10 Å². The van der Waals surface area contributed by atoms with Gasteiger partial charge in [0, 0.05) is 29.4 Å². The molecule has 1 amide bonds. The minimum Gasteiger partial charge on any atom is -0.388 e. The maximum absolute atomic E-state index is 13.3. The summed E-state index contributed by atoms with van der Waals surface area (Å²) in [4.78, 5) is 13.9. The minimum atomic E-state index is -0.788. The molecule has 1 N–H and O–H groups in total. The van der Waals surface area contributed by atoms with Gasteiger partial charge in [0.1, 0.15) is 11.6 Å². The number of carbonyl (C=O) groups excluding carboxylic acids is 1. The molecule has 0 spiro atoms. The highest BCUT2D eigenvalue weighted by molar-refractivity contribution is 6.06. The average Bonchev–Trinajstić information content (AvgIpc) is 2.46. The molecule has 2 aromatic carbocycles. The highest BCUT2D eigenvalue weighted by atomic mass is 19.1. The summed E-state index contributed by atoms with van der Waals surface area (Å²) in [6, 6.07) is 9.74. The zero-order valence-electron chi connectivity index (χ0n) is 11.1. The summed E-state index contributed by atoms with van der Waals surface area (Å²) in [6.45, 7) is 0.301. The number of aliphatic hydroxyl groups excluding tert-OH is 1. The maximum Gasteiger partial charge on any atom is 0.258 e. The van der Waals surface area contributed by atoms with Gasteiger partial charge in [0.15, 0.2) is 0 Å². The largest absolute Gasteiger partial charge is 0.388 e. The Morgan fingerprint density at radius 1 is 1.14 bits per heavy atom. The van der Waals surface area contributed by atoms with Crippen LogP contribution in [0.15, 0.2) is 42.5 Å². The van der Waals surface area contributed by atoms with Gasteiger partial charge in [-0.1, -0.05) is 18.2 Å². The van der Waals surface area contributed by atoms with Gasteiger partial charge in [-0.25, -0.2) is 8.78 Å². The van der Waals surface area contributed by atoms with E-state index >= 15 is 0 Å². The molecule has 1 aliphatic rings. The lowest BCUT2D eigenvalue weighted by atomic mass is 9.98. The average molecular weight is 289 g/mol. The molecule has 1 aliphatic heterocycles. The van der Waals surface area contributed by atoms with Crippen molar-refractivity contribution in [2.75, 3.05) is 11.4 Å². The maximum atomic E-state index is 13.3. The second-order valence-corrected chi connectivity index (χ2v) is 4.98. The third-order valence-electron chi connectivity index (χ3n) is 3.57. The van der Waals surface area contributed by atoms with Crippen LogP contribution in [0.25, 0.3) is 0 Å². The van der Waals surface area contributed by atoms with E-state index in [1.54, 1.807) is 24.3 Å². The van der Waals surface area contributed by atoms with E-state index in [0.29, 0.717) is 24.2 Å². The third kappa shape index (κ3) is 2.52. The lowest BCUT2D eigenvalue weighted by molar-refractivity contribution is 0.0969. The number of amides is 1. The van der Waals surface area contributed by atoms with Crippen molar-refractivity contribution in [1.82, 2.24) is 0 Å². The zero-order chi connectivity index (χ0) is 15.0. The Morgan fingerprint density at radius 2 is 1.81 bits per heavy atom. The highest BCUT2D eigenvalue weighted by Gasteiger charge is 2.28. The summed E-state index contributed by atoms with van der Waals surface area (Å²) >= 11 is 0. The lowest BCUT2D eigenvalue weighted by Crippen LogP contribution is -2.36. The topological polar surface area (TPSA) is 40.5 Å². The molecule has 21 heavy (non-hydrogen) atoms. The minimum absolute atomic E-state index is 0.0429. The number of rotatable bonds is 1.